The van der Waals surface area contributed by atoms with E-state index in [0.29, 0.717) is 18.4 Å². The lowest BCUT2D eigenvalue weighted by Gasteiger charge is -2.31. The maximum Gasteiger partial charge on any atom is 0.252 e. The van der Waals surface area contributed by atoms with Gasteiger partial charge in [0.05, 0.1) is 11.0 Å². The fourth-order valence-corrected chi connectivity index (χ4v) is 3.75. The average molecular weight is 347 g/mol. The molecule has 128 valence electrons. The Morgan fingerprint density at radius 1 is 1.25 bits per heavy atom. The van der Waals surface area contributed by atoms with Crippen molar-refractivity contribution in [3.8, 4) is 6.07 Å². The van der Waals surface area contributed by atoms with E-state index in [1.807, 2.05) is 0 Å². The molecule has 1 aromatic carbocycles. The molecule has 24 heavy (non-hydrogen) atoms. The summed E-state index contributed by atoms with van der Waals surface area (Å²) in [7, 11) is -3.61. The highest BCUT2D eigenvalue weighted by Gasteiger charge is 2.33. The van der Waals surface area contributed by atoms with Crippen molar-refractivity contribution in [1.82, 2.24) is 10.0 Å². The van der Waals surface area contributed by atoms with Gasteiger partial charge in [0.25, 0.3) is 5.91 Å². The first-order chi connectivity index (χ1) is 11.4. The van der Waals surface area contributed by atoms with Crippen LogP contribution < -0.4 is 10.0 Å². The Morgan fingerprint density at radius 2 is 1.88 bits per heavy atom. The van der Waals surface area contributed by atoms with Gasteiger partial charge in [-0.1, -0.05) is 25.3 Å². The van der Waals surface area contributed by atoms with E-state index in [4.69, 9.17) is 0 Å². The van der Waals surface area contributed by atoms with Crippen LogP contribution >= 0.6 is 0 Å². The van der Waals surface area contributed by atoms with Crippen molar-refractivity contribution in [2.24, 2.45) is 0 Å². The summed E-state index contributed by atoms with van der Waals surface area (Å²) in [4.78, 5) is 12.4. The van der Waals surface area contributed by atoms with Gasteiger partial charge in [-0.3, -0.25) is 4.79 Å². The van der Waals surface area contributed by atoms with Gasteiger partial charge >= 0.3 is 0 Å². The normalized spacial score (nSPS) is 16.8. The smallest absolute Gasteiger partial charge is 0.252 e. The molecule has 0 saturated heterocycles. The first-order valence-electron chi connectivity index (χ1n) is 7.87. The molecular formula is C17H21N3O3S. The molecule has 6 nitrogen and oxygen atoms in total. The Bertz CT molecular complexity index is 742. The van der Waals surface area contributed by atoms with Crippen LogP contribution in [0.5, 0.6) is 0 Å². The molecule has 7 heteroatoms. The number of amides is 1. The van der Waals surface area contributed by atoms with Crippen molar-refractivity contribution < 1.29 is 13.2 Å². The fraction of sp³-hybridized carbons (Fsp3) is 0.412. The summed E-state index contributed by atoms with van der Waals surface area (Å²) in [5, 5.41) is 12.2. The second kappa shape index (κ2) is 7.60. The summed E-state index contributed by atoms with van der Waals surface area (Å²) in [6.45, 7) is 3.59. The lowest BCUT2D eigenvalue weighted by molar-refractivity contribution is 0.0902. The second-order valence-corrected chi connectivity index (χ2v) is 7.64. The first kappa shape index (κ1) is 18.2. The minimum atomic E-state index is -3.61. The Kier molecular flexibility index (Phi) is 5.75. The third kappa shape index (κ3) is 4.22. The van der Waals surface area contributed by atoms with E-state index in [1.54, 1.807) is 0 Å². The number of hydrogen-bond acceptors (Lipinski definition) is 4. The van der Waals surface area contributed by atoms with Crippen LogP contribution in [0.4, 0.5) is 0 Å². The molecule has 1 amide bonds. The molecule has 0 aromatic heterocycles. The van der Waals surface area contributed by atoms with Crippen LogP contribution in [-0.2, 0) is 10.0 Å². The summed E-state index contributed by atoms with van der Waals surface area (Å²) >= 11 is 0. The van der Waals surface area contributed by atoms with Crippen LogP contribution in [0, 0.1) is 11.3 Å². The van der Waals surface area contributed by atoms with Gasteiger partial charge < -0.3 is 5.32 Å². The minimum absolute atomic E-state index is 0.0774. The van der Waals surface area contributed by atoms with Gasteiger partial charge in [0.15, 0.2) is 0 Å². The molecule has 0 radical (unpaired) electrons. The standard InChI is InChI=1S/C17H21N3O3S/c1-2-12-19-24(22,23)15-8-6-14(7-9-15)16(21)20-17(13-18)10-4-3-5-11-17/h2,6-9,19H,1,3-5,10-12H2,(H,20,21). The quantitative estimate of drug-likeness (QED) is 0.770. The van der Waals surface area contributed by atoms with Gasteiger partial charge in [0.1, 0.15) is 5.54 Å². The van der Waals surface area contributed by atoms with Crippen LogP contribution in [0.3, 0.4) is 0 Å². The van der Waals surface area contributed by atoms with Crippen molar-refractivity contribution in [2.75, 3.05) is 6.54 Å². The number of nitrogens with zero attached hydrogens (tertiary/aromatic N) is 1. The van der Waals surface area contributed by atoms with Crippen LogP contribution in [0.25, 0.3) is 0 Å². The molecule has 0 aliphatic heterocycles. The molecule has 1 fully saturated rings. The predicted octanol–water partition coefficient (Wildman–Crippen LogP) is 2.11. The van der Waals surface area contributed by atoms with Crippen LogP contribution in [-0.4, -0.2) is 26.4 Å². The molecule has 0 atom stereocenters. The zero-order valence-corrected chi connectivity index (χ0v) is 14.2. The molecule has 1 saturated carbocycles. The second-order valence-electron chi connectivity index (χ2n) is 5.87. The highest BCUT2D eigenvalue weighted by atomic mass is 32.2. The third-order valence-corrected chi connectivity index (χ3v) is 5.56. The van der Waals surface area contributed by atoms with Gasteiger partial charge in [-0.15, -0.1) is 6.58 Å². The highest BCUT2D eigenvalue weighted by molar-refractivity contribution is 7.89. The molecule has 1 aliphatic carbocycles. The van der Waals surface area contributed by atoms with Gasteiger partial charge in [0, 0.05) is 12.1 Å². The number of carbonyl (C=O) groups excluding carboxylic acids is 1. The maximum absolute atomic E-state index is 12.4. The molecule has 0 heterocycles. The number of rotatable bonds is 6. The largest absolute Gasteiger partial charge is 0.334 e. The van der Waals surface area contributed by atoms with Gasteiger partial charge in [0.2, 0.25) is 10.0 Å². The van der Waals surface area contributed by atoms with E-state index in [0.717, 1.165) is 19.3 Å². The highest BCUT2D eigenvalue weighted by Crippen LogP contribution is 2.28. The van der Waals surface area contributed by atoms with Crippen molar-refractivity contribution in [1.29, 1.82) is 5.26 Å². The van der Waals surface area contributed by atoms with Crippen LogP contribution in [0.1, 0.15) is 42.5 Å². The lowest BCUT2D eigenvalue weighted by atomic mass is 9.82. The van der Waals surface area contributed by atoms with Crippen molar-refractivity contribution in [3.05, 3.63) is 42.5 Å². The lowest BCUT2D eigenvalue weighted by Crippen LogP contribution is -2.48. The number of nitriles is 1. The Morgan fingerprint density at radius 3 is 2.42 bits per heavy atom. The first-order valence-corrected chi connectivity index (χ1v) is 9.35. The van der Waals surface area contributed by atoms with E-state index < -0.39 is 15.6 Å². The summed E-state index contributed by atoms with van der Waals surface area (Å²) in [5.74, 6) is -0.360. The SMILES string of the molecule is C=CCNS(=O)(=O)c1ccc(C(=O)NC2(C#N)CCCCC2)cc1. The van der Waals surface area contributed by atoms with Gasteiger partial charge in [-0.25, -0.2) is 13.1 Å². The molecule has 2 rings (SSSR count). The fourth-order valence-electron chi connectivity index (χ4n) is 2.75. The monoisotopic (exact) mass is 347 g/mol. The molecule has 0 spiro atoms. The average Bonchev–Trinajstić information content (AvgIpc) is 2.61. The van der Waals surface area contributed by atoms with E-state index in [2.05, 4.69) is 22.7 Å². The molecule has 1 aliphatic rings. The number of nitrogens with one attached hydrogen (secondary N) is 2. The zero-order chi connectivity index (χ0) is 17.6. The van der Waals surface area contributed by atoms with Crippen molar-refractivity contribution in [2.45, 2.75) is 42.5 Å². The number of carbonyl (C=O) groups is 1. The van der Waals surface area contributed by atoms with E-state index >= 15 is 0 Å². The molecule has 2 N–H and O–H groups in total. The van der Waals surface area contributed by atoms with Crippen molar-refractivity contribution in [3.63, 3.8) is 0 Å². The van der Waals surface area contributed by atoms with E-state index in [1.165, 1.54) is 30.3 Å². The number of benzene rings is 1. The van der Waals surface area contributed by atoms with Gasteiger partial charge in [-0.2, -0.15) is 5.26 Å². The molecule has 0 bridgehead atoms. The minimum Gasteiger partial charge on any atom is -0.334 e. The van der Waals surface area contributed by atoms with E-state index in [-0.39, 0.29) is 17.3 Å². The summed E-state index contributed by atoms with van der Waals surface area (Å²) in [5.41, 5.74) is -0.483. The van der Waals surface area contributed by atoms with Crippen LogP contribution in [0.2, 0.25) is 0 Å². The van der Waals surface area contributed by atoms with Gasteiger partial charge in [-0.05, 0) is 37.1 Å². The summed E-state index contributed by atoms with van der Waals surface area (Å²) in [6.07, 6.45) is 5.65. The molecule has 1 aromatic rings. The van der Waals surface area contributed by atoms with Crippen LogP contribution in [0.15, 0.2) is 41.8 Å². The molecule has 0 unspecified atom stereocenters. The Labute approximate surface area is 142 Å². The summed E-state index contributed by atoms with van der Waals surface area (Å²) in [6, 6.07) is 7.88. The number of sulfonamides is 1. The molecular weight excluding hydrogens is 326 g/mol. The number of hydrogen-bond donors (Lipinski definition) is 2. The van der Waals surface area contributed by atoms with E-state index in [9.17, 15) is 18.5 Å². The topological polar surface area (TPSA) is 99.1 Å². The predicted molar refractivity (Wildman–Crippen MR) is 90.7 cm³/mol. The Hall–Kier alpha value is -2.17. The zero-order valence-electron chi connectivity index (χ0n) is 13.4. The summed E-state index contributed by atoms with van der Waals surface area (Å²) < 4.78 is 26.3. The maximum atomic E-state index is 12.4. The van der Waals surface area contributed by atoms with Crippen molar-refractivity contribution >= 4 is 15.9 Å². The third-order valence-electron chi connectivity index (χ3n) is 4.12. The Balaban J connectivity index is 2.11.